The summed E-state index contributed by atoms with van der Waals surface area (Å²) in [5.41, 5.74) is 3.72. The minimum Gasteiger partial charge on any atom is -0.489 e. The maximum Gasteiger partial charge on any atom is 0.338 e. The van der Waals surface area contributed by atoms with Gasteiger partial charge in [0.25, 0.3) is 0 Å². The Balaban J connectivity index is 1.41. The number of carbonyl (C=O) groups is 2. The van der Waals surface area contributed by atoms with Gasteiger partial charge in [-0.05, 0) is 35.7 Å². The summed E-state index contributed by atoms with van der Waals surface area (Å²) in [4.78, 5) is 32.6. The number of rotatable bonds is 7. The summed E-state index contributed by atoms with van der Waals surface area (Å²) in [7, 11) is 0. The molecule has 1 fully saturated rings. The second-order valence-electron chi connectivity index (χ2n) is 8.56. The van der Waals surface area contributed by atoms with Crippen LogP contribution in [0.3, 0.4) is 0 Å². The van der Waals surface area contributed by atoms with Crippen molar-refractivity contribution in [1.29, 1.82) is 0 Å². The Labute approximate surface area is 214 Å². The van der Waals surface area contributed by atoms with Gasteiger partial charge in [-0.3, -0.25) is 9.69 Å². The molecule has 5 rings (SSSR count). The van der Waals surface area contributed by atoms with Gasteiger partial charge in [0.05, 0.1) is 17.3 Å². The Kier molecular flexibility index (Phi) is 7.18. The molecule has 2 heterocycles. The molecule has 2 aliphatic rings. The summed E-state index contributed by atoms with van der Waals surface area (Å²) in [6.07, 6.45) is 0.393. The van der Waals surface area contributed by atoms with Crippen LogP contribution in [0.15, 0.2) is 101 Å². The molecule has 0 unspecified atom stereocenters. The number of amidine groups is 1. The molecule has 3 aromatic rings. The van der Waals surface area contributed by atoms with Crippen molar-refractivity contribution in [3.63, 3.8) is 0 Å². The number of hydrogen-bond acceptors (Lipinski definition) is 6. The van der Waals surface area contributed by atoms with E-state index in [9.17, 15) is 9.59 Å². The summed E-state index contributed by atoms with van der Waals surface area (Å²) in [5, 5.41) is 0.623. The summed E-state index contributed by atoms with van der Waals surface area (Å²) < 4.78 is 11.6. The standard InChI is InChI=1S/C29H26N2O4S/c1-20-26(28(33)35-19-22-10-6-3-7-11-22)27(31-25(32)16-17-36-29(31)30-20)23-12-14-24(15-13-23)34-18-21-8-4-2-5-9-21/h2-15,27H,16-19H2,1H3/t27-/m0/s1. The molecule has 0 saturated carbocycles. The number of carbonyl (C=O) groups excluding carboxylic acids is 2. The molecular formula is C29H26N2O4S. The van der Waals surface area contributed by atoms with Crippen LogP contribution < -0.4 is 4.74 Å². The Morgan fingerprint density at radius 3 is 2.25 bits per heavy atom. The Hall–Kier alpha value is -3.84. The highest BCUT2D eigenvalue weighted by molar-refractivity contribution is 8.14. The molecular weight excluding hydrogens is 472 g/mol. The molecule has 0 aromatic heterocycles. The van der Waals surface area contributed by atoms with Crippen molar-refractivity contribution in [1.82, 2.24) is 4.90 Å². The van der Waals surface area contributed by atoms with Crippen molar-refractivity contribution >= 4 is 28.8 Å². The Bertz CT molecular complexity index is 1300. The van der Waals surface area contributed by atoms with E-state index in [0.29, 0.717) is 41.0 Å². The maximum atomic E-state index is 13.4. The van der Waals surface area contributed by atoms with Gasteiger partial charge in [-0.2, -0.15) is 0 Å². The van der Waals surface area contributed by atoms with E-state index in [4.69, 9.17) is 9.47 Å². The third kappa shape index (κ3) is 5.21. The molecule has 36 heavy (non-hydrogen) atoms. The van der Waals surface area contributed by atoms with E-state index in [1.54, 1.807) is 11.8 Å². The number of ether oxygens (including phenoxy) is 2. The zero-order chi connectivity index (χ0) is 24.9. The summed E-state index contributed by atoms with van der Waals surface area (Å²) in [6.45, 7) is 2.40. The van der Waals surface area contributed by atoms with Gasteiger partial charge in [-0.1, -0.05) is 84.6 Å². The minimum atomic E-state index is -0.607. The highest BCUT2D eigenvalue weighted by atomic mass is 32.2. The van der Waals surface area contributed by atoms with Gasteiger partial charge >= 0.3 is 5.97 Å². The molecule has 0 bridgehead atoms. The zero-order valence-electron chi connectivity index (χ0n) is 19.9. The number of thioether (sulfide) groups is 1. The van der Waals surface area contributed by atoms with Crippen LogP contribution in [0.5, 0.6) is 5.75 Å². The number of aliphatic imine (C=N–C) groups is 1. The van der Waals surface area contributed by atoms with Gasteiger partial charge < -0.3 is 9.47 Å². The fourth-order valence-corrected chi connectivity index (χ4v) is 5.27. The van der Waals surface area contributed by atoms with Crippen LogP contribution in [0.2, 0.25) is 0 Å². The fourth-order valence-electron chi connectivity index (χ4n) is 4.26. The lowest BCUT2D eigenvalue weighted by Crippen LogP contribution is -2.45. The van der Waals surface area contributed by atoms with E-state index >= 15 is 0 Å². The number of hydrogen-bond donors (Lipinski definition) is 0. The van der Waals surface area contributed by atoms with Crippen LogP contribution in [0.25, 0.3) is 0 Å². The predicted octanol–water partition coefficient (Wildman–Crippen LogP) is 5.66. The average molecular weight is 499 g/mol. The molecule has 3 aromatic carbocycles. The van der Waals surface area contributed by atoms with E-state index in [-0.39, 0.29) is 12.5 Å². The monoisotopic (exact) mass is 498 g/mol. The number of allylic oxidation sites excluding steroid dienone is 1. The van der Waals surface area contributed by atoms with Crippen LogP contribution in [0, 0.1) is 0 Å². The van der Waals surface area contributed by atoms with Crippen LogP contribution in [-0.4, -0.2) is 27.7 Å². The number of fused-ring (bicyclic) bond motifs is 1. The summed E-state index contributed by atoms with van der Waals surface area (Å²) in [5.74, 6) is 0.856. The molecule has 2 aliphatic heterocycles. The smallest absolute Gasteiger partial charge is 0.338 e. The van der Waals surface area contributed by atoms with Crippen molar-refractivity contribution in [3.8, 4) is 5.75 Å². The molecule has 7 heteroatoms. The van der Waals surface area contributed by atoms with Crippen LogP contribution in [0.4, 0.5) is 0 Å². The van der Waals surface area contributed by atoms with Crippen molar-refractivity contribution in [2.75, 3.05) is 5.75 Å². The second kappa shape index (κ2) is 10.8. The van der Waals surface area contributed by atoms with Crippen molar-refractivity contribution in [2.24, 2.45) is 4.99 Å². The minimum absolute atomic E-state index is 0.0530. The van der Waals surface area contributed by atoms with Crippen molar-refractivity contribution < 1.29 is 19.1 Å². The highest BCUT2D eigenvalue weighted by Gasteiger charge is 2.41. The molecule has 0 N–H and O–H groups in total. The lowest BCUT2D eigenvalue weighted by atomic mass is 9.94. The first kappa shape index (κ1) is 23.9. The molecule has 0 radical (unpaired) electrons. The van der Waals surface area contributed by atoms with E-state index in [2.05, 4.69) is 4.99 Å². The molecule has 6 nitrogen and oxygen atoms in total. The van der Waals surface area contributed by atoms with E-state index in [1.165, 1.54) is 11.8 Å². The van der Waals surface area contributed by atoms with Gasteiger partial charge in [0, 0.05) is 12.2 Å². The number of amides is 1. The van der Waals surface area contributed by atoms with E-state index < -0.39 is 12.0 Å². The molecule has 1 amide bonds. The molecule has 0 spiro atoms. The van der Waals surface area contributed by atoms with Gasteiger partial charge in [0.15, 0.2) is 5.17 Å². The van der Waals surface area contributed by atoms with Gasteiger partial charge in [0.1, 0.15) is 19.0 Å². The molecule has 0 aliphatic carbocycles. The third-order valence-electron chi connectivity index (χ3n) is 6.08. The first-order valence-corrected chi connectivity index (χ1v) is 12.8. The SMILES string of the molecule is CC1=C(C(=O)OCc2ccccc2)[C@H](c2ccc(OCc3ccccc3)cc2)N2C(=O)CCSC2=N1. The van der Waals surface area contributed by atoms with Crippen LogP contribution >= 0.6 is 11.8 Å². The lowest BCUT2D eigenvalue weighted by molar-refractivity contribution is -0.141. The van der Waals surface area contributed by atoms with Gasteiger partial charge in [-0.15, -0.1) is 0 Å². The van der Waals surface area contributed by atoms with Crippen molar-refractivity contribution in [2.45, 2.75) is 32.6 Å². The summed E-state index contributed by atoms with van der Waals surface area (Å²) >= 11 is 1.53. The maximum absolute atomic E-state index is 13.4. The van der Waals surface area contributed by atoms with E-state index in [0.717, 1.165) is 16.7 Å². The number of benzene rings is 3. The first-order chi connectivity index (χ1) is 17.6. The largest absolute Gasteiger partial charge is 0.489 e. The second-order valence-corrected chi connectivity index (χ2v) is 9.63. The average Bonchev–Trinajstić information content (AvgIpc) is 2.91. The normalized spacial score (nSPS) is 17.4. The van der Waals surface area contributed by atoms with Crippen LogP contribution in [-0.2, 0) is 27.5 Å². The predicted molar refractivity (Wildman–Crippen MR) is 140 cm³/mol. The highest BCUT2D eigenvalue weighted by Crippen LogP contribution is 2.40. The lowest BCUT2D eigenvalue weighted by Gasteiger charge is -2.38. The fraction of sp³-hybridized carbons (Fsp3) is 0.207. The topological polar surface area (TPSA) is 68.2 Å². The number of nitrogens with zero attached hydrogens (tertiary/aromatic N) is 2. The van der Waals surface area contributed by atoms with Gasteiger partial charge in [0.2, 0.25) is 5.91 Å². The van der Waals surface area contributed by atoms with Crippen molar-refractivity contribution in [3.05, 3.63) is 113 Å². The number of esters is 1. The third-order valence-corrected chi connectivity index (χ3v) is 7.04. The van der Waals surface area contributed by atoms with Crippen LogP contribution in [0.1, 0.15) is 36.1 Å². The van der Waals surface area contributed by atoms with Gasteiger partial charge in [-0.25, -0.2) is 9.79 Å². The van der Waals surface area contributed by atoms with E-state index in [1.807, 2.05) is 84.9 Å². The summed E-state index contributed by atoms with van der Waals surface area (Å²) in [6, 6.07) is 26.4. The molecule has 1 saturated heterocycles. The zero-order valence-corrected chi connectivity index (χ0v) is 20.7. The quantitative estimate of drug-likeness (QED) is 0.393. The Morgan fingerprint density at radius 1 is 0.944 bits per heavy atom. The molecule has 1 atom stereocenters. The Morgan fingerprint density at radius 2 is 1.58 bits per heavy atom. The first-order valence-electron chi connectivity index (χ1n) is 11.8. The molecule has 182 valence electrons.